The van der Waals surface area contributed by atoms with Crippen molar-refractivity contribution >= 4 is 5.91 Å². The number of fused-ring (bicyclic) bond motifs is 1. The van der Waals surface area contributed by atoms with Gasteiger partial charge in [-0.2, -0.15) is 13.2 Å². The zero-order chi connectivity index (χ0) is 43.1. The first-order chi connectivity index (χ1) is 25.0. The number of nitrogens with zero attached hydrogens (tertiary/aromatic N) is 1. The Bertz CT molecular complexity index is 1950. The topological polar surface area (TPSA) is 50.8 Å². The van der Waals surface area contributed by atoms with Gasteiger partial charge in [-0.25, -0.2) is 0 Å². The van der Waals surface area contributed by atoms with Crippen LogP contribution in [-0.2, 0) is 23.7 Å². The highest BCUT2D eigenvalue weighted by atomic mass is 19.4. The van der Waals surface area contributed by atoms with Gasteiger partial charge < -0.3 is 14.8 Å². The number of hydrogen-bond donors (Lipinski definition) is 1. The fourth-order valence-corrected chi connectivity index (χ4v) is 3.49. The Morgan fingerprint density at radius 3 is 2.54 bits per heavy atom. The predicted molar refractivity (Wildman–Crippen MR) is 136 cm³/mol. The lowest BCUT2D eigenvalue weighted by molar-refractivity contribution is -0.137. The van der Waals surface area contributed by atoms with Gasteiger partial charge in [0.15, 0.2) is 11.5 Å². The van der Waals surface area contributed by atoms with E-state index in [1.807, 2.05) is 0 Å². The zero-order valence-corrected chi connectivity index (χ0v) is 18.7. The normalized spacial score (nSPS) is 31.5. The zero-order valence-electron chi connectivity index (χ0n) is 37.7. The number of methoxy groups -OCH3 is 2. The molecule has 0 spiro atoms. The Balaban J connectivity index is 2.29. The number of amides is 1. The number of nitrogens with one attached hydrogen (secondary N) is 1. The Morgan fingerprint density at radius 2 is 1.89 bits per heavy atom. The van der Waals surface area contributed by atoms with E-state index in [4.69, 9.17) is 27.3 Å². The van der Waals surface area contributed by atoms with E-state index >= 15 is 0 Å². The van der Waals surface area contributed by atoms with Gasteiger partial charge in [0.25, 0.3) is 0 Å². The van der Waals surface area contributed by atoms with Crippen LogP contribution in [0.2, 0.25) is 0 Å². The Kier molecular flexibility index (Phi) is 3.49. The van der Waals surface area contributed by atoms with Crippen LogP contribution in [0.15, 0.2) is 66.7 Å². The van der Waals surface area contributed by atoms with Crippen LogP contribution in [0.4, 0.5) is 13.2 Å². The summed E-state index contributed by atoms with van der Waals surface area (Å²) in [5.74, 6) is -4.35. The van der Waals surface area contributed by atoms with Crippen molar-refractivity contribution in [3.63, 3.8) is 0 Å². The van der Waals surface area contributed by atoms with E-state index in [-0.39, 0.29) is 0 Å². The minimum absolute atomic E-state index is 0.309. The molecule has 5 nitrogen and oxygen atoms in total. The number of hydrogen-bond acceptors (Lipinski definition) is 4. The van der Waals surface area contributed by atoms with Crippen LogP contribution in [-0.4, -0.2) is 38.4 Å². The lowest BCUT2D eigenvalue weighted by Crippen LogP contribution is -2.44. The highest BCUT2D eigenvalue weighted by Crippen LogP contribution is 2.43. The lowest BCUT2D eigenvalue weighted by atomic mass is 9.86. The van der Waals surface area contributed by atoms with Gasteiger partial charge in [-0.1, -0.05) is 42.5 Å². The number of alkyl halides is 3. The molecule has 196 valence electrons. The van der Waals surface area contributed by atoms with Crippen LogP contribution in [0.1, 0.15) is 72.3 Å². The second-order valence-corrected chi connectivity index (χ2v) is 7.46. The molecule has 1 N–H and O–H groups in total. The van der Waals surface area contributed by atoms with Gasteiger partial charge in [0.05, 0.1) is 30.6 Å². The summed E-state index contributed by atoms with van der Waals surface area (Å²) >= 11 is 0. The Morgan fingerprint density at radius 1 is 1.19 bits per heavy atom. The van der Waals surface area contributed by atoms with Crippen molar-refractivity contribution in [3.8, 4) is 11.5 Å². The summed E-state index contributed by atoms with van der Waals surface area (Å²) in [6.07, 6.45) is -16.8. The fourth-order valence-electron chi connectivity index (χ4n) is 3.49. The average Bonchev–Trinajstić information content (AvgIpc) is 3.02. The molecule has 0 aliphatic carbocycles. The maximum Gasteiger partial charge on any atom is 0.416 e. The van der Waals surface area contributed by atoms with Crippen molar-refractivity contribution in [3.05, 3.63) is 94.5 Å². The van der Waals surface area contributed by atoms with Gasteiger partial charge in [-0.15, -0.1) is 0 Å². The Labute approximate surface area is 241 Å². The largest absolute Gasteiger partial charge is 0.493 e. The van der Waals surface area contributed by atoms with Crippen LogP contribution < -0.4 is 14.8 Å². The standard InChI is InChI=1S/C29H31F3N2O3/c1-33-28(35)27(20-7-5-4-6-8-20)34-16-15-21-17-25(36-2)26(37-3)18-23(21)24(34)14-11-19-9-12-22(13-10-19)29(30,31)32/h4-10,12-13,17-18,24,27H,11,14-16H2,1-3H3,(H,33,35)/t24-,27+/m0/s1/i1D3,2D3,3D3,11D2,14D2,15D2,16D2,24D,27D. The van der Waals surface area contributed by atoms with Gasteiger partial charge in [-0.3, -0.25) is 9.69 Å². The minimum atomic E-state index is -4.97. The van der Waals surface area contributed by atoms with Crippen molar-refractivity contribution in [2.24, 2.45) is 0 Å². The van der Waals surface area contributed by atoms with E-state index in [9.17, 15) is 26.2 Å². The number of likely N-dealkylation sites (N-methyl/N-ethyl adjacent to an activating group) is 1. The first kappa shape index (κ1) is 11.5. The molecule has 8 heteroatoms. The van der Waals surface area contributed by atoms with Crippen molar-refractivity contribution in [2.75, 3.05) is 27.5 Å². The number of rotatable bonds is 8. The molecular weight excluding hydrogens is 481 g/mol. The Hall–Kier alpha value is -3.52. The minimum Gasteiger partial charge on any atom is -0.493 e. The third-order valence-electron chi connectivity index (χ3n) is 5.22. The monoisotopic (exact) mass is 531 g/mol. The number of halogens is 3. The summed E-state index contributed by atoms with van der Waals surface area (Å²) in [7, 11) is -6.96. The van der Waals surface area contributed by atoms with Crippen LogP contribution in [0.3, 0.4) is 0 Å². The quantitative estimate of drug-likeness (QED) is 0.403. The second kappa shape index (κ2) is 11.3. The van der Waals surface area contributed by atoms with Crippen molar-refractivity contribution in [1.29, 1.82) is 0 Å². The maximum absolute atomic E-state index is 14.1. The molecule has 1 amide bonds. The molecule has 3 aromatic carbocycles. The van der Waals surface area contributed by atoms with Crippen LogP contribution >= 0.6 is 0 Å². The number of ether oxygens (including phenoxy) is 2. The predicted octanol–water partition coefficient (Wildman–Crippen LogP) is 5.74. The summed E-state index contributed by atoms with van der Waals surface area (Å²) < 4.78 is 212. The second-order valence-electron chi connectivity index (χ2n) is 7.46. The molecule has 0 saturated heterocycles. The third-order valence-corrected chi connectivity index (χ3v) is 5.22. The number of carbonyl (C=O) groups is 1. The number of carbonyl (C=O) groups excluding carboxylic acids is 1. The van der Waals surface area contributed by atoms with Crippen molar-refractivity contribution in [2.45, 2.75) is 37.3 Å². The summed E-state index contributed by atoms with van der Waals surface area (Å²) in [4.78, 5) is 13.7. The van der Waals surface area contributed by atoms with Crippen LogP contribution in [0.5, 0.6) is 11.5 Å². The fraction of sp³-hybridized carbons (Fsp3) is 0.345. The van der Waals surface area contributed by atoms with Crippen molar-refractivity contribution in [1.82, 2.24) is 10.2 Å². The molecule has 3 aromatic rings. The van der Waals surface area contributed by atoms with E-state index < -0.39 is 115 Å². The molecule has 37 heavy (non-hydrogen) atoms. The molecular formula is C29H31F3N2O3. The molecule has 0 unspecified atom stereocenters. The first-order valence-electron chi connectivity index (χ1n) is 19.9. The summed E-state index contributed by atoms with van der Waals surface area (Å²) in [6, 6.07) is -0.151. The van der Waals surface area contributed by atoms with E-state index in [2.05, 4.69) is 0 Å². The number of aryl methyl sites for hydroxylation is 2. The van der Waals surface area contributed by atoms with Gasteiger partial charge in [-0.05, 0) is 65.6 Å². The molecule has 0 aromatic heterocycles. The molecule has 0 fully saturated rings. The summed E-state index contributed by atoms with van der Waals surface area (Å²) in [5.41, 5.74) is -5.53. The molecule has 1 aliphatic rings. The average molecular weight is 532 g/mol. The van der Waals surface area contributed by atoms with Crippen molar-refractivity contribution < 1.29 is 53.5 Å². The first-order valence-corrected chi connectivity index (χ1v) is 10.4. The van der Waals surface area contributed by atoms with Gasteiger partial charge in [0.2, 0.25) is 5.91 Å². The summed E-state index contributed by atoms with van der Waals surface area (Å²) in [6.45, 7) is -7.63. The SMILES string of the molecule is [2H]C([2H])([2H])NC(=O)[C@@]([2H])(c1ccccc1)N1C([2H])([2H])C([2H])([2H])c2cc(OC([2H])([2H])[2H])c(OC([2H])([2H])[2H])cc2[C@]1([2H])C([2H])([2H])C([2H])([2H])c1ccc(C(F)(F)F)cc1. The third kappa shape index (κ3) is 5.74. The molecule has 0 bridgehead atoms. The molecule has 1 heterocycles. The smallest absolute Gasteiger partial charge is 0.416 e. The highest BCUT2D eigenvalue weighted by Gasteiger charge is 2.37. The lowest BCUT2D eigenvalue weighted by Gasteiger charge is -2.42. The molecule has 2 atom stereocenters. The number of benzene rings is 3. The van der Waals surface area contributed by atoms with Crippen LogP contribution in [0, 0.1) is 0 Å². The van der Waals surface area contributed by atoms with Gasteiger partial charge in [0.1, 0.15) is 6.02 Å². The summed E-state index contributed by atoms with van der Waals surface area (Å²) in [5, 5.41) is 1.46. The van der Waals surface area contributed by atoms with E-state index in [1.165, 1.54) is 11.4 Å². The van der Waals surface area contributed by atoms with Crippen LogP contribution in [0.25, 0.3) is 0 Å². The highest BCUT2D eigenvalue weighted by molar-refractivity contribution is 5.83. The molecule has 0 saturated carbocycles. The van der Waals surface area contributed by atoms with E-state index in [1.54, 1.807) is 0 Å². The molecule has 1 aliphatic heterocycles. The maximum atomic E-state index is 14.1. The van der Waals surface area contributed by atoms with E-state index in [0.29, 0.717) is 36.4 Å². The molecule has 0 radical (unpaired) electrons. The van der Waals surface area contributed by atoms with E-state index in [0.717, 1.165) is 24.3 Å². The van der Waals surface area contributed by atoms with Gasteiger partial charge in [0, 0.05) is 34.6 Å². The van der Waals surface area contributed by atoms with Gasteiger partial charge >= 0.3 is 6.18 Å². The molecule has 4 rings (SSSR count).